The first-order valence-electron chi connectivity index (χ1n) is 7.98. The van der Waals surface area contributed by atoms with E-state index in [0.717, 1.165) is 38.9 Å². The van der Waals surface area contributed by atoms with Crippen molar-refractivity contribution < 1.29 is 9.53 Å². The summed E-state index contributed by atoms with van der Waals surface area (Å²) in [6, 6.07) is 8.44. The lowest BCUT2D eigenvalue weighted by atomic mass is 9.91. The molecule has 2 fully saturated rings. The van der Waals surface area contributed by atoms with Crippen LogP contribution in [-0.2, 0) is 11.2 Å². The summed E-state index contributed by atoms with van der Waals surface area (Å²) in [5.41, 5.74) is 2.35. The molecular weight excluding hydrogens is 278 g/mol. The van der Waals surface area contributed by atoms with Gasteiger partial charge in [-0.3, -0.25) is 0 Å². The normalized spacial score (nSPS) is 21.2. The van der Waals surface area contributed by atoms with Crippen LogP contribution < -0.4 is 5.32 Å². The first-order chi connectivity index (χ1) is 10.7. The highest BCUT2D eigenvalue weighted by Gasteiger charge is 2.42. The van der Waals surface area contributed by atoms with E-state index in [9.17, 15) is 4.79 Å². The fourth-order valence-electron chi connectivity index (χ4n) is 3.58. The summed E-state index contributed by atoms with van der Waals surface area (Å²) in [7, 11) is 0. The molecule has 1 amide bonds. The Labute approximate surface area is 129 Å². The number of carbonyl (C=O) groups is 1. The van der Waals surface area contributed by atoms with Crippen molar-refractivity contribution in [3.8, 4) is 0 Å². The lowest BCUT2D eigenvalue weighted by Gasteiger charge is -2.37. The molecule has 2 saturated heterocycles. The van der Waals surface area contributed by atoms with Crippen LogP contribution in [0.15, 0.2) is 30.5 Å². The standard InChI is InChI=1S/C17H21N3O2/c21-16-19-12-17(22-16)6-9-20(10-7-17)8-5-13-11-18-15-4-2-1-3-14(13)15/h1-4,11,18H,5-10,12H2,(H,19,21). The second kappa shape index (κ2) is 5.32. The Morgan fingerprint density at radius 3 is 2.82 bits per heavy atom. The number of piperidine rings is 1. The highest BCUT2D eigenvalue weighted by atomic mass is 16.6. The number of hydrogen-bond donors (Lipinski definition) is 2. The second-order valence-electron chi connectivity index (χ2n) is 6.38. The summed E-state index contributed by atoms with van der Waals surface area (Å²) in [5, 5.41) is 4.11. The van der Waals surface area contributed by atoms with Crippen molar-refractivity contribution in [2.75, 3.05) is 26.2 Å². The molecule has 2 aliphatic rings. The SMILES string of the molecule is O=C1NCC2(CCN(CCc3c[nH]c4ccccc34)CC2)O1. The van der Waals surface area contributed by atoms with Crippen molar-refractivity contribution in [2.45, 2.75) is 24.9 Å². The third-order valence-corrected chi connectivity index (χ3v) is 5.00. The van der Waals surface area contributed by atoms with Crippen LogP contribution in [0.5, 0.6) is 0 Å². The van der Waals surface area contributed by atoms with Crippen LogP contribution in [-0.4, -0.2) is 47.8 Å². The van der Waals surface area contributed by atoms with Crippen molar-refractivity contribution in [1.29, 1.82) is 0 Å². The largest absolute Gasteiger partial charge is 0.441 e. The van der Waals surface area contributed by atoms with Crippen LogP contribution >= 0.6 is 0 Å². The molecule has 2 aliphatic heterocycles. The summed E-state index contributed by atoms with van der Waals surface area (Å²) in [4.78, 5) is 17.1. The van der Waals surface area contributed by atoms with Crippen LogP contribution in [0.4, 0.5) is 4.79 Å². The van der Waals surface area contributed by atoms with E-state index < -0.39 is 0 Å². The van der Waals surface area contributed by atoms with E-state index in [1.54, 1.807) is 0 Å². The molecule has 2 aromatic rings. The maximum atomic E-state index is 11.3. The molecule has 1 aromatic heterocycles. The minimum atomic E-state index is -0.257. The molecule has 0 atom stereocenters. The molecule has 1 aromatic carbocycles. The second-order valence-corrected chi connectivity index (χ2v) is 6.38. The van der Waals surface area contributed by atoms with Crippen LogP contribution in [0.3, 0.4) is 0 Å². The number of nitrogens with one attached hydrogen (secondary N) is 2. The monoisotopic (exact) mass is 299 g/mol. The molecule has 0 saturated carbocycles. The fraction of sp³-hybridized carbons (Fsp3) is 0.471. The number of likely N-dealkylation sites (tertiary alicyclic amines) is 1. The predicted molar refractivity (Wildman–Crippen MR) is 84.9 cm³/mol. The van der Waals surface area contributed by atoms with E-state index >= 15 is 0 Å². The average Bonchev–Trinajstić information content (AvgIpc) is 3.11. The molecule has 1 spiro atoms. The summed E-state index contributed by atoms with van der Waals surface area (Å²) in [6.45, 7) is 3.72. The van der Waals surface area contributed by atoms with E-state index in [2.05, 4.69) is 45.7 Å². The van der Waals surface area contributed by atoms with Crippen LogP contribution in [0, 0.1) is 0 Å². The number of H-pyrrole nitrogens is 1. The number of ether oxygens (including phenoxy) is 1. The third kappa shape index (κ3) is 2.46. The molecule has 2 N–H and O–H groups in total. The van der Waals surface area contributed by atoms with E-state index in [1.807, 2.05) is 0 Å². The summed E-state index contributed by atoms with van der Waals surface area (Å²) >= 11 is 0. The Morgan fingerprint density at radius 2 is 2.05 bits per heavy atom. The quantitative estimate of drug-likeness (QED) is 0.914. The average molecular weight is 299 g/mol. The molecule has 0 radical (unpaired) electrons. The van der Waals surface area contributed by atoms with Gasteiger partial charge in [-0.2, -0.15) is 0 Å². The topological polar surface area (TPSA) is 57.4 Å². The van der Waals surface area contributed by atoms with Crippen molar-refractivity contribution in [3.63, 3.8) is 0 Å². The number of aromatic amines is 1. The Balaban J connectivity index is 1.35. The first kappa shape index (κ1) is 13.6. The van der Waals surface area contributed by atoms with Crippen molar-refractivity contribution >= 4 is 17.0 Å². The van der Waals surface area contributed by atoms with Gasteiger partial charge in [0.25, 0.3) is 0 Å². The Bertz CT molecular complexity index is 686. The van der Waals surface area contributed by atoms with Gasteiger partial charge in [0, 0.05) is 49.6 Å². The molecule has 5 nitrogen and oxygen atoms in total. The van der Waals surface area contributed by atoms with Gasteiger partial charge in [0.15, 0.2) is 0 Å². The van der Waals surface area contributed by atoms with Crippen molar-refractivity contribution in [3.05, 3.63) is 36.0 Å². The highest BCUT2D eigenvalue weighted by molar-refractivity contribution is 5.83. The predicted octanol–water partition coefficient (Wildman–Crippen LogP) is 2.28. The highest BCUT2D eigenvalue weighted by Crippen LogP contribution is 2.29. The molecule has 0 aliphatic carbocycles. The number of rotatable bonds is 3. The van der Waals surface area contributed by atoms with Crippen molar-refractivity contribution in [1.82, 2.24) is 15.2 Å². The fourth-order valence-corrected chi connectivity index (χ4v) is 3.58. The number of carbonyl (C=O) groups excluding carboxylic acids is 1. The van der Waals surface area contributed by atoms with Gasteiger partial charge in [0.1, 0.15) is 5.60 Å². The molecular formula is C17H21N3O2. The maximum absolute atomic E-state index is 11.3. The van der Waals surface area contributed by atoms with Gasteiger partial charge in [0.05, 0.1) is 6.54 Å². The molecule has 0 bridgehead atoms. The minimum Gasteiger partial charge on any atom is -0.441 e. The maximum Gasteiger partial charge on any atom is 0.407 e. The van der Waals surface area contributed by atoms with Gasteiger partial charge in [-0.25, -0.2) is 4.79 Å². The van der Waals surface area contributed by atoms with E-state index in [-0.39, 0.29) is 11.7 Å². The number of nitrogens with zero attached hydrogens (tertiary/aromatic N) is 1. The smallest absolute Gasteiger partial charge is 0.407 e. The summed E-state index contributed by atoms with van der Waals surface area (Å²) in [6.07, 6.45) is 4.78. The van der Waals surface area contributed by atoms with Crippen LogP contribution in [0.2, 0.25) is 0 Å². The number of fused-ring (bicyclic) bond motifs is 1. The molecule has 0 unspecified atom stereocenters. The first-order valence-corrected chi connectivity index (χ1v) is 7.98. The summed E-state index contributed by atoms with van der Waals surface area (Å²) < 4.78 is 5.46. The van der Waals surface area contributed by atoms with Gasteiger partial charge in [-0.05, 0) is 18.1 Å². The number of alkyl carbamates (subject to hydrolysis) is 1. The van der Waals surface area contributed by atoms with Gasteiger partial charge < -0.3 is 19.9 Å². The van der Waals surface area contributed by atoms with E-state index in [1.165, 1.54) is 16.5 Å². The third-order valence-electron chi connectivity index (χ3n) is 5.00. The zero-order valence-electron chi connectivity index (χ0n) is 12.6. The lowest BCUT2D eigenvalue weighted by molar-refractivity contribution is 0.00124. The minimum absolute atomic E-state index is 0.242. The Morgan fingerprint density at radius 1 is 1.23 bits per heavy atom. The molecule has 5 heteroatoms. The summed E-state index contributed by atoms with van der Waals surface area (Å²) in [5.74, 6) is 0. The van der Waals surface area contributed by atoms with Gasteiger partial charge in [0.2, 0.25) is 0 Å². The molecule has 22 heavy (non-hydrogen) atoms. The molecule has 3 heterocycles. The van der Waals surface area contributed by atoms with Gasteiger partial charge in [-0.1, -0.05) is 18.2 Å². The van der Waals surface area contributed by atoms with Crippen LogP contribution in [0.1, 0.15) is 18.4 Å². The zero-order chi connectivity index (χ0) is 15.0. The van der Waals surface area contributed by atoms with Gasteiger partial charge >= 0.3 is 6.09 Å². The van der Waals surface area contributed by atoms with E-state index in [4.69, 9.17) is 4.74 Å². The van der Waals surface area contributed by atoms with Crippen molar-refractivity contribution in [2.24, 2.45) is 0 Å². The zero-order valence-corrected chi connectivity index (χ0v) is 12.6. The van der Waals surface area contributed by atoms with E-state index in [0.29, 0.717) is 6.54 Å². The molecule has 116 valence electrons. The number of aromatic nitrogens is 1. The molecule has 4 rings (SSSR count). The Hall–Kier alpha value is -2.01. The lowest BCUT2D eigenvalue weighted by Crippen LogP contribution is -2.47. The van der Waals surface area contributed by atoms with Crippen LogP contribution in [0.25, 0.3) is 10.9 Å². The number of benzene rings is 1. The number of para-hydroxylation sites is 1. The number of hydrogen-bond acceptors (Lipinski definition) is 3. The number of amides is 1. The Kier molecular flexibility index (Phi) is 3.30. The van der Waals surface area contributed by atoms with Gasteiger partial charge in [-0.15, -0.1) is 0 Å².